The second-order valence-electron chi connectivity index (χ2n) is 21.3. The summed E-state index contributed by atoms with van der Waals surface area (Å²) in [6.45, 7) is 21.8. The van der Waals surface area contributed by atoms with E-state index in [1.165, 1.54) is 7.11 Å². The van der Waals surface area contributed by atoms with E-state index < -0.39 is 63.6 Å². The molecule has 5 aromatic rings. The molecule has 1 N–H and O–H groups in total. The van der Waals surface area contributed by atoms with Crippen LogP contribution in [0.4, 0.5) is 0 Å². The summed E-state index contributed by atoms with van der Waals surface area (Å²) < 4.78 is 41.5. The number of aliphatic hydroxyl groups is 1. The van der Waals surface area contributed by atoms with Gasteiger partial charge in [0.1, 0.15) is 11.5 Å². The first-order chi connectivity index (χ1) is 33.9. The zero-order chi connectivity index (χ0) is 51.5. The smallest absolute Gasteiger partial charge is 0.313 e. The average Bonchev–Trinajstić information content (AvgIpc) is 3.40. The third kappa shape index (κ3) is 12.0. The molecular formula is C61H82O8Si2. The molecule has 382 valence electrons. The zero-order valence-corrected chi connectivity index (χ0v) is 46.7. The van der Waals surface area contributed by atoms with Gasteiger partial charge in [0.25, 0.3) is 8.32 Å². The number of rotatable bonds is 23. The van der Waals surface area contributed by atoms with Gasteiger partial charge in [-0.15, -0.1) is 0 Å². The molecule has 1 aliphatic rings. The van der Waals surface area contributed by atoms with E-state index in [1.807, 2.05) is 50.3 Å². The molecule has 0 amide bonds. The van der Waals surface area contributed by atoms with E-state index in [4.69, 9.17) is 27.8 Å². The number of esters is 1. The second kappa shape index (κ2) is 24.0. The first-order valence-electron chi connectivity index (χ1n) is 25.8. The summed E-state index contributed by atoms with van der Waals surface area (Å²) >= 11 is 0. The lowest BCUT2D eigenvalue weighted by Gasteiger charge is -2.53. The van der Waals surface area contributed by atoms with Gasteiger partial charge in [0.05, 0.1) is 38.1 Å². The average molecular weight is 999 g/mol. The molecule has 5 aromatic carbocycles. The highest BCUT2D eigenvalue weighted by molar-refractivity contribution is 6.99. The van der Waals surface area contributed by atoms with Crippen LogP contribution in [0.1, 0.15) is 105 Å². The standard InChI is InChI=1S/C61H82O8Si2/c1-13-70(14-2,15-3)68-52(45-66-61(48-31-21-16-22-32-48,49-33-23-17-24-34-49)50-35-25-18-26-36-50)41-46(4)42-55(62)59(9,10)56-43-51(44-60(65-12,67-56)47(5)57(63)64-11)69-71(58(6,7)8,53-37-27-19-28-38-53)54-39-29-20-30-40-54/h16-40,42,47,51-52,55-56,62H,13-15,41,43-45H2,1-12H3/b46-42+/t47?,51-,52-,55?,56-,60+/m1/s1. The van der Waals surface area contributed by atoms with Crippen molar-refractivity contribution < 1.29 is 37.7 Å². The van der Waals surface area contributed by atoms with Gasteiger partial charge in [-0.3, -0.25) is 4.79 Å². The van der Waals surface area contributed by atoms with Crippen molar-refractivity contribution in [1.29, 1.82) is 0 Å². The molecule has 10 heteroatoms. The minimum Gasteiger partial charge on any atom is -0.469 e. The fourth-order valence-corrected chi connectivity index (χ4v) is 18.5. The Labute approximate surface area is 428 Å². The minimum absolute atomic E-state index is 0.287. The molecule has 0 radical (unpaired) electrons. The number of ether oxygens (including phenoxy) is 4. The monoisotopic (exact) mass is 999 g/mol. The molecule has 2 unspecified atom stereocenters. The Kier molecular flexibility index (Phi) is 18.9. The first kappa shape index (κ1) is 55.8. The SMILES string of the molecule is CC[Si](CC)(CC)O[C@@H](COC(c1ccccc1)(c1ccccc1)c1ccccc1)C/C(C)=C/C(O)C(C)(C)[C@H]1C[C@@H](O[Si](c2ccccc2)(c2ccccc2)C(C)(C)C)C[C@@](OC)(C(C)C(=O)OC)O1. The normalized spacial score (nSPS) is 19.7. The molecule has 6 rings (SSSR count). The van der Waals surface area contributed by atoms with Crippen LogP contribution in [0, 0.1) is 11.3 Å². The van der Waals surface area contributed by atoms with Gasteiger partial charge < -0.3 is 32.9 Å². The van der Waals surface area contributed by atoms with Crippen molar-refractivity contribution in [3.8, 4) is 0 Å². The maximum Gasteiger partial charge on any atom is 0.313 e. The van der Waals surface area contributed by atoms with Crippen LogP contribution in [-0.2, 0) is 38.2 Å². The molecule has 8 nitrogen and oxygen atoms in total. The third-order valence-corrected chi connectivity index (χ3v) is 25.4. The van der Waals surface area contributed by atoms with Crippen LogP contribution < -0.4 is 10.4 Å². The number of hydrogen-bond donors (Lipinski definition) is 1. The molecule has 0 bridgehead atoms. The van der Waals surface area contributed by atoms with Crippen molar-refractivity contribution in [1.82, 2.24) is 0 Å². The summed E-state index contributed by atoms with van der Waals surface area (Å²) in [5, 5.41) is 14.6. The molecule has 0 saturated carbocycles. The van der Waals surface area contributed by atoms with Gasteiger partial charge in [-0.1, -0.05) is 219 Å². The van der Waals surface area contributed by atoms with E-state index in [1.54, 1.807) is 14.0 Å². The van der Waals surface area contributed by atoms with Crippen LogP contribution in [-0.4, -0.2) is 78.7 Å². The molecule has 1 heterocycles. The maximum absolute atomic E-state index is 13.5. The Morgan fingerprint density at radius 1 is 0.732 bits per heavy atom. The van der Waals surface area contributed by atoms with Crippen molar-refractivity contribution in [3.05, 3.63) is 180 Å². The van der Waals surface area contributed by atoms with Crippen LogP contribution in [0.3, 0.4) is 0 Å². The molecule has 1 fully saturated rings. The van der Waals surface area contributed by atoms with Crippen molar-refractivity contribution in [3.63, 3.8) is 0 Å². The van der Waals surface area contributed by atoms with E-state index in [0.29, 0.717) is 19.4 Å². The van der Waals surface area contributed by atoms with Gasteiger partial charge in [-0.25, -0.2) is 0 Å². The summed E-state index contributed by atoms with van der Waals surface area (Å²) in [6, 6.07) is 55.5. The Morgan fingerprint density at radius 2 is 1.17 bits per heavy atom. The third-order valence-electron chi connectivity index (χ3n) is 15.6. The maximum atomic E-state index is 13.5. The van der Waals surface area contributed by atoms with Crippen molar-refractivity contribution in [2.75, 3.05) is 20.8 Å². The quantitative estimate of drug-likeness (QED) is 0.0299. The highest BCUT2D eigenvalue weighted by Crippen LogP contribution is 2.48. The first-order valence-corrected chi connectivity index (χ1v) is 30.3. The van der Waals surface area contributed by atoms with Gasteiger partial charge >= 0.3 is 5.97 Å². The van der Waals surface area contributed by atoms with E-state index in [9.17, 15) is 9.90 Å². The Morgan fingerprint density at radius 3 is 1.56 bits per heavy atom. The molecule has 0 aromatic heterocycles. The van der Waals surface area contributed by atoms with E-state index in [2.05, 4.69) is 170 Å². The number of aliphatic hydroxyl groups excluding tert-OH is 1. The van der Waals surface area contributed by atoms with Crippen LogP contribution in [0.5, 0.6) is 0 Å². The molecule has 71 heavy (non-hydrogen) atoms. The minimum atomic E-state index is -3.08. The summed E-state index contributed by atoms with van der Waals surface area (Å²) in [4.78, 5) is 13.5. The van der Waals surface area contributed by atoms with Gasteiger partial charge in [0, 0.05) is 18.9 Å². The van der Waals surface area contributed by atoms with E-state index in [0.717, 1.165) is 50.8 Å². The molecule has 0 aliphatic carbocycles. The Hall–Kier alpha value is -4.50. The fraction of sp³-hybridized carbons (Fsp3) is 0.459. The largest absolute Gasteiger partial charge is 0.469 e. The van der Waals surface area contributed by atoms with Crippen molar-refractivity contribution >= 4 is 33.0 Å². The van der Waals surface area contributed by atoms with Crippen molar-refractivity contribution in [2.24, 2.45) is 11.3 Å². The zero-order valence-electron chi connectivity index (χ0n) is 44.7. The molecule has 6 atom stereocenters. The second-order valence-corrected chi connectivity index (χ2v) is 30.2. The molecular weight excluding hydrogens is 917 g/mol. The molecule has 0 spiro atoms. The number of methoxy groups -OCH3 is 2. The van der Waals surface area contributed by atoms with Crippen molar-refractivity contribution in [2.45, 2.75) is 147 Å². The highest BCUT2D eigenvalue weighted by Gasteiger charge is 2.58. The van der Waals surface area contributed by atoms with Crippen LogP contribution in [0.2, 0.25) is 23.2 Å². The lowest BCUT2D eigenvalue weighted by molar-refractivity contribution is -0.322. The molecule has 1 aliphatic heterocycles. The van der Waals surface area contributed by atoms with Gasteiger partial charge in [0.2, 0.25) is 0 Å². The topological polar surface area (TPSA) is 92.7 Å². The lowest BCUT2D eigenvalue weighted by Crippen LogP contribution is -2.69. The Balaban J connectivity index is 1.38. The number of carbonyl (C=O) groups is 1. The summed E-state index contributed by atoms with van der Waals surface area (Å²) in [5.41, 5.74) is 2.27. The number of hydrogen-bond acceptors (Lipinski definition) is 8. The predicted molar refractivity (Wildman–Crippen MR) is 293 cm³/mol. The summed E-state index contributed by atoms with van der Waals surface area (Å²) in [7, 11) is -2.28. The van der Waals surface area contributed by atoms with E-state index >= 15 is 0 Å². The van der Waals surface area contributed by atoms with Crippen LogP contribution in [0.25, 0.3) is 0 Å². The van der Waals surface area contributed by atoms with Gasteiger partial charge in [0.15, 0.2) is 14.1 Å². The number of benzene rings is 5. The lowest BCUT2D eigenvalue weighted by atomic mass is 9.74. The van der Waals surface area contributed by atoms with Crippen LogP contribution >= 0.6 is 0 Å². The summed E-state index contributed by atoms with van der Waals surface area (Å²) in [5.74, 6) is -2.65. The van der Waals surface area contributed by atoms with Gasteiger partial charge in [-0.2, -0.15) is 0 Å². The summed E-state index contributed by atoms with van der Waals surface area (Å²) in [6.07, 6.45) is 0.955. The molecule has 1 saturated heterocycles. The van der Waals surface area contributed by atoms with E-state index in [-0.39, 0.29) is 17.6 Å². The van der Waals surface area contributed by atoms with Gasteiger partial charge in [-0.05, 0) is 76.9 Å². The fourth-order valence-electron chi connectivity index (χ4n) is 11.0. The Bertz CT molecular complexity index is 2280. The highest BCUT2D eigenvalue weighted by atomic mass is 28.4. The predicted octanol–water partition coefficient (Wildman–Crippen LogP) is 12.4. The van der Waals surface area contributed by atoms with Crippen LogP contribution in [0.15, 0.2) is 163 Å². The number of carbonyl (C=O) groups excluding carboxylic acids is 1.